The van der Waals surface area contributed by atoms with Gasteiger partial charge in [-0.25, -0.2) is 9.50 Å². The van der Waals surface area contributed by atoms with Crippen molar-refractivity contribution >= 4 is 33.0 Å². The number of halogens is 1. The van der Waals surface area contributed by atoms with E-state index in [4.69, 9.17) is 27.2 Å². The molecule has 1 aliphatic rings. The van der Waals surface area contributed by atoms with E-state index in [1.165, 1.54) is 11.3 Å². The molecule has 138 valence electrons. The average Bonchev–Trinajstić information content (AvgIpc) is 3.23. The van der Waals surface area contributed by atoms with Crippen molar-refractivity contribution in [3.8, 4) is 17.0 Å². The summed E-state index contributed by atoms with van der Waals surface area (Å²) in [4.78, 5) is 7.46. The molecule has 3 heterocycles. The van der Waals surface area contributed by atoms with Crippen molar-refractivity contribution < 1.29 is 9.84 Å². The van der Waals surface area contributed by atoms with Gasteiger partial charge in [0.25, 0.3) is 0 Å². The minimum atomic E-state index is -0.757. The molecule has 1 saturated heterocycles. The van der Waals surface area contributed by atoms with E-state index in [1.807, 2.05) is 16.6 Å². The molecular weight excluding hydrogens is 374 g/mol. The van der Waals surface area contributed by atoms with Crippen LogP contribution in [-0.4, -0.2) is 52.0 Å². The zero-order chi connectivity index (χ0) is 18.3. The summed E-state index contributed by atoms with van der Waals surface area (Å²) in [5.41, 5.74) is 6.59. The molecule has 0 amide bonds. The van der Waals surface area contributed by atoms with E-state index in [9.17, 15) is 5.11 Å². The molecule has 1 fully saturated rings. The maximum Gasteiger partial charge on any atom is 0.214 e. The highest BCUT2D eigenvalue weighted by molar-refractivity contribution is 7.20. The molecule has 2 aromatic heterocycles. The van der Waals surface area contributed by atoms with E-state index in [2.05, 4.69) is 9.88 Å². The molecule has 3 aromatic rings. The standard InChI is InChI=1S/C17H20ClN5O2S/c1-25-14-3-2-11(18)8-12(14)13-9-20-15-23(13)21-16(26-15)22-6-4-17(24,10-19)5-7-22/h2-3,8-9,24H,4-7,10,19H2,1H3. The second-order valence-electron chi connectivity index (χ2n) is 6.48. The Morgan fingerprint density at radius 2 is 2.15 bits per heavy atom. The summed E-state index contributed by atoms with van der Waals surface area (Å²) in [5.74, 6) is 0.719. The van der Waals surface area contributed by atoms with E-state index in [1.54, 1.807) is 19.4 Å². The van der Waals surface area contributed by atoms with E-state index < -0.39 is 5.60 Å². The highest BCUT2D eigenvalue weighted by Gasteiger charge is 2.32. The van der Waals surface area contributed by atoms with Crippen LogP contribution >= 0.6 is 22.9 Å². The summed E-state index contributed by atoms with van der Waals surface area (Å²) in [6, 6.07) is 5.48. The number of rotatable bonds is 4. The van der Waals surface area contributed by atoms with Gasteiger partial charge in [0.1, 0.15) is 5.75 Å². The summed E-state index contributed by atoms with van der Waals surface area (Å²) in [6.07, 6.45) is 3.06. The van der Waals surface area contributed by atoms with Crippen molar-refractivity contribution in [3.63, 3.8) is 0 Å². The predicted molar refractivity (Wildman–Crippen MR) is 103 cm³/mol. The van der Waals surface area contributed by atoms with Gasteiger partial charge in [0.05, 0.1) is 24.6 Å². The lowest BCUT2D eigenvalue weighted by atomic mass is 9.92. The predicted octanol–water partition coefficient (Wildman–Crippen LogP) is 2.41. The van der Waals surface area contributed by atoms with Crippen LogP contribution in [0.25, 0.3) is 16.2 Å². The lowest BCUT2D eigenvalue weighted by Crippen LogP contribution is -2.48. The van der Waals surface area contributed by atoms with Gasteiger partial charge in [0.2, 0.25) is 10.1 Å². The van der Waals surface area contributed by atoms with Crippen LogP contribution in [0.5, 0.6) is 5.75 Å². The molecule has 0 saturated carbocycles. The minimum Gasteiger partial charge on any atom is -0.496 e. The Balaban J connectivity index is 1.67. The molecule has 0 spiro atoms. The Kier molecular flexibility index (Phi) is 4.52. The zero-order valence-electron chi connectivity index (χ0n) is 14.4. The first kappa shape index (κ1) is 17.5. The molecule has 7 nitrogen and oxygen atoms in total. The number of aromatic nitrogens is 3. The Labute approximate surface area is 160 Å². The van der Waals surface area contributed by atoms with Crippen LogP contribution in [0.4, 0.5) is 5.13 Å². The Hall–Kier alpha value is -1.87. The third kappa shape index (κ3) is 3.03. The monoisotopic (exact) mass is 393 g/mol. The zero-order valence-corrected chi connectivity index (χ0v) is 15.9. The fraction of sp³-hybridized carbons (Fsp3) is 0.412. The largest absolute Gasteiger partial charge is 0.496 e. The van der Waals surface area contributed by atoms with Gasteiger partial charge in [-0.05, 0) is 31.0 Å². The number of benzene rings is 1. The molecule has 0 unspecified atom stereocenters. The number of ether oxygens (including phenoxy) is 1. The first-order chi connectivity index (χ1) is 12.5. The molecule has 9 heteroatoms. The number of aliphatic hydroxyl groups is 1. The van der Waals surface area contributed by atoms with Crippen molar-refractivity contribution in [1.82, 2.24) is 14.6 Å². The molecule has 0 radical (unpaired) electrons. The van der Waals surface area contributed by atoms with Crippen molar-refractivity contribution in [2.45, 2.75) is 18.4 Å². The Bertz CT molecular complexity index is 933. The van der Waals surface area contributed by atoms with E-state index >= 15 is 0 Å². The molecule has 3 N–H and O–H groups in total. The van der Waals surface area contributed by atoms with Crippen molar-refractivity contribution in [1.29, 1.82) is 0 Å². The quantitative estimate of drug-likeness (QED) is 0.707. The van der Waals surface area contributed by atoms with Gasteiger partial charge < -0.3 is 20.5 Å². The number of hydrogen-bond donors (Lipinski definition) is 2. The Morgan fingerprint density at radius 3 is 2.85 bits per heavy atom. The summed E-state index contributed by atoms with van der Waals surface area (Å²) in [7, 11) is 1.63. The van der Waals surface area contributed by atoms with Gasteiger partial charge in [-0.1, -0.05) is 22.9 Å². The maximum absolute atomic E-state index is 10.3. The smallest absolute Gasteiger partial charge is 0.214 e. The van der Waals surface area contributed by atoms with E-state index in [0.717, 1.165) is 40.2 Å². The van der Waals surface area contributed by atoms with Crippen molar-refractivity contribution in [2.24, 2.45) is 5.73 Å². The maximum atomic E-state index is 10.3. The first-order valence-corrected chi connectivity index (χ1v) is 9.58. The van der Waals surface area contributed by atoms with E-state index in [-0.39, 0.29) is 0 Å². The lowest BCUT2D eigenvalue weighted by Gasteiger charge is -2.37. The number of methoxy groups -OCH3 is 1. The second kappa shape index (κ2) is 6.70. The number of nitrogens with zero attached hydrogens (tertiary/aromatic N) is 4. The van der Waals surface area contributed by atoms with Crippen LogP contribution in [0.15, 0.2) is 24.4 Å². The number of anilines is 1. The molecule has 0 atom stereocenters. The number of hydrogen-bond acceptors (Lipinski definition) is 7. The van der Waals surface area contributed by atoms with Crippen LogP contribution in [0.2, 0.25) is 5.02 Å². The number of nitrogens with two attached hydrogens (primary N) is 1. The van der Waals surface area contributed by atoms with Gasteiger partial charge in [0.15, 0.2) is 0 Å². The fourth-order valence-electron chi connectivity index (χ4n) is 3.19. The molecule has 4 rings (SSSR count). The molecule has 0 bridgehead atoms. The SMILES string of the molecule is COc1ccc(Cl)cc1-c1cnc2sc(N3CCC(O)(CN)CC3)nn12. The number of piperidine rings is 1. The molecule has 26 heavy (non-hydrogen) atoms. The highest BCUT2D eigenvalue weighted by atomic mass is 35.5. The van der Waals surface area contributed by atoms with Gasteiger partial charge in [-0.15, -0.1) is 5.10 Å². The summed E-state index contributed by atoms with van der Waals surface area (Å²) in [6.45, 7) is 1.74. The van der Waals surface area contributed by atoms with Crippen LogP contribution in [0.3, 0.4) is 0 Å². The summed E-state index contributed by atoms with van der Waals surface area (Å²) in [5, 5.41) is 16.6. The normalized spacial score (nSPS) is 17.0. The molecular formula is C17H20ClN5O2S. The molecule has 1 aromatic carbocycles. The van der Waals surface area contributed by atoms with Gasteiger partial charge in [-0.3, -0.25) is 0 Å². The molecule has 0 aliphatic carbocycles. The van der Waals surface area contributed by atoms with Crippen LogP contribution < -0.4 is 15.4 Å². The number of imidazole rings is 1. The van der Waals surface area contributed by atoms with Gasteiger partial charge in [0, 0.05) is 30.2 Å². The van der Waals surface area contributed by atoms with Crippen molar-refractivity contribution in [2.75, 3.05) is 31.6 Å². The van der Waals surface area contributed by atoms with Gasteiger partial charge >= 0.3 is 0 Å². The topological polar surface area (TPSA) is 88.9 Å². The third-order valence-electron chi connectivity index (χ3n) is 4.86. The van der Waals surface area contributed by atoms with E-state index in [0.29, 0.717) is 24.4 Å². The van der Waals surface area contributed by atoms with Gasteiger partial charge in [-0.2, -0.15) is 0 Å². The average molecular weight is 394 g/mol. The summed E-state index contributed by atoms with van der Waals surface area (Å²) < 4.78 is 7.27. The number of fused-ring (bicyclic) bond motifs is 1. The first-order valence-electron chi connectivity index (χ1n) is 8.39. The molecule has 1 aliphatic heterocycles. The lowest BCUT2D eigenvalue weighted by molar-refractivity contribution is 0.0249. The minimum absolute atomic E-state index is 0.292. The Morgan fingerprint density at radius 1 is 1.38 bits per heavy atom. The third-order valence-corrected chi connectivity index (χ3v) is 6.08. The van der Waals surface area contributed by atoms with Crippen molar-refractivity contribution in [3.05, 3.63) is 29.4 Å². The van der Waals surface area contributed by atoms with Crippen LogP contribution in [-0.2, 0) is 0 Å². The fourth-order valence-corrected chi connectivity index (χ4v) is 4.29. The summed E-state index contributed by atoms with van der Waals surface area (Å²) >= 11 is 7.69. The van der Waals surface area contributed by atoms with Crippen LogP contribution in [0, 0.1) is 0 Å². The van der Waals surface area contributed by atoms with Crippen LogP contribution in [0.1, 0.15) is 12.8 Å². The second-order valence-corrected chi connectivity index (χ2v) is 7.85. The highest BCUT2D eigenvalue weighted by Crippen LogP contribution is 2.35.